The van der Waals surface area contributed by atoms with Crippen LogP contribution in [0.1, 0.15) is 12.5 Å². The summed E-state index contributed by atoms with van der Waals surface area (Å²) in [6.45, 7) is 3.24. The van der Waals surface area contributed by atoms with Gasteiger partial charge in [-0.1, -0.05) is 12.1 Å². The number of methoxy groups -OCH3 is 2. The molecule has 1 unspecified atom stereocenters. The lowest BCUT2D eigenvalue weighted by atomic mass is 10.2. The molecule has 0 aliphatic carbocycles. The van der Waals surface area contributed by atoms with Gasteiger partial charge < -0.3 is 20.5 Å². The van der Waals surface area contributed by atoms with Gasteiger partial charge in [-0.25, -0.2) is 18.1 Å². The van der Waals surface area contributed by atoms with Crippen LogP contribution in [0.25, 0.3) is 0 Å². The van der Waals surface area contributed by atoms with Crippen molar-refractivity contribution in [1.82, 2.24) is 10.0 Å². The number of hydrogen-bond acceptors (Lipinski definition) is 5. The van der Waals surface area contributed by atoms with Crippen LogP contribution >= 0.6 is 24.0 Å². The smallest absolute Gasteiger partial charge is 0.240 e. The molecule has 0 bridgehead atoms. The van der Waals surface area contributed by atoms with E-state index >= 15 is 0 Å². The largest absolute Gasteiger partial charge is 0.383 e. The van der Waals surface area contributed by atoms with E-state index in [1.165, 1.54) is 13.2 Å². The summed E-state index contributed by atoms with van der Waals surface area (Å²) in [6.07, 6.45) is 0. The van der Waals surface area contributed by atoms with E-state index in [4.69, 9.17) is 15.2 Å². The number of ether oxygens (including phenoxy) is 2. The standard InChI is InChI=1S/C15H26N4O4S.HI/c1-12(11-23-3)19-15(16)17-10-13-5-4-6-14(9-13)24(20,21)18-7-8-22-2;/h4-6,9,12,18H,7-8,10-11H2,1-3H3,(H3,16,17,19);1H. The van der Waals surface area contributed by atoms with E-state index < -0.39 is 10.0 Å². The molecule has 25 heavy (non-hydrogen) atoms. The summed E-state index contributed by atoms with van der Waals surface area (Å²) in [5, 5.41) is 2.99. The first-order chi connectivity index (χ1) is 11.4. The van der Waals surface area contributed by atoms with Crippen molar-refractivity contribution in [1.29, 1.82) is 0 Å². The summed E-state index contributed by atoms with van der Waals surface area (Å²) in [6, 6.07) is 6.61. The number of benzene rings is 1. The molecule has 0 radical (unpaired) electrons. The minimum atomic E-state index is -3.56. The highest BCUT2D eigenvalue weighted by Gasteiger charge is 2.13. The summed E-state index contributed by atoms with van der Waals surface area (Å²) in [7, 11) is -0.440. The molecule has 0 aliphatic rings. The maximum absolute atomic E-state index is 12.2. The summed E-state index contributed by atoms with van der Waals surface area (Å²) in [5.41, 5.74) is 6.54. The van der Waals surface area contributed by atoms with Crippen molar-refractivity contribution in [3.8, 4) is 0 Å². The number of aliphatic imine (C=N–C) groups is 1. The van der Waals surface area contributed by atoms with Gasteiger partial charge in [-0.05, 0) is 24.6 Å². The van der Waals surface area contributed by atoms with Crippen LogP contribution in [-0.4, -0.2) is 54.4 Å². The van der Waals surface area contributed by atoms with Crippen LogP contribution in [0.15, 0.2) is 34.2 Å². The Morgan fingerprint density at radius 3 is 2.68 bits per heavy atom. The molecule has 1 aromatic rings. The Bertz CT molecular complexity index is 640. The highest BCUT2D eigenvalue weighted by molar-refractivity contribution is 14.0. The molecule has 0 heterocycles. The number of nitrogens with one attached hydrogen (secondary N) is 2. The SMILES string of the molecule is COCCNS(=O)(=O)c1cccc(CN=C(N)NC(C)COC)c1.I. The number of nitrogens with zero attached hydrogens (tertiary/aromatic N) is 1. The van der Waals surface area contributed by atoms with E-state index in [2.05, 4.69) is 15.0 Å². The lowest BCUT2D eigenvalue weighted by Crippen LogP contribution is -2.40. The normalized spacial score (nSPS) is 13.2. The van der Waals surface area contributed by atoms with Crippen molar-refractivity contribution in [2.75, 3.05) is 34.0 Å². The maximum Gasteiger partial charge on any atom is 0.240 e. The molecule has 8 nitrogen and oxygen atoms in total. The third-order valence-electron chi connectivity index (χ3n) is 3.05. The molecular formula is C15H27IN4O4S. The minimum Gasteiger partial charge on any atom is -0.383 e. The van der Waals surface area contributed by atoms with Crippen molar-refractivity contribution in [3.05, 3.63) is 29.8 Å². The first-order valence-electron chi connectivity index (χ1n) is 7.52. The Balaban J connectivity index is 0.00000576. The average molecular weight is 486 g/mol. The van der Waals surface area contributed by atoms with E-state index in [0.717, 1.165) is 5.56 Å². The molecule has 0 fully saturated rings. The summed E-state index contributed by atoms with van der Waals surface area (Å²) in [4.78, 5) is 4.39. The topological polar surface area (TPSA) is 115 Å². The van der Waals surface area contributed by atoms with Gasteiger partial charge in [0.1, 0.15) is 0 Å². The van der Waals surface area contributed by atoms with Crippen LogP contribution in [0, 0.1) is 0 Å². The highest BCUT2D eigenvalue weighted by Crippen LogP contribution is 2.12. The monoisotopic (exact) mass is 486 g/mol. The highest BCUT2D eigenvalue weighted by atomic mass is 127. The minimum absolute atomic E-state index is 0. The predicted octanol–water partition coefficient (Wildman–Crippen LogP) is 0.669. The van der Waals surface area contributed by atoms with E-state index in [0.29, 0.717) is 13.2 Å². The Morgan fingerprint density at radius 2 is 2.04 bits per heavy atom. The fourth-order valence-electron chi connectivity index (χ4n) is 1.94. The lowest BCUT2D eigenvalue weighted by molar-refractivity contribution is 0.179. The summed E-state index contributed by atoms with van der Waals surface area (Å²) < 4.78 is 36.6. The van der Waals surface area contributed by atoms with Gasteiger partial charge in [-0.15, -0.1) is 24.0 Å². The third kappa shape index (κ3) is 9.35. The van der Waals surface area contributed by atoms with Crippen molar-refractivity contribution in [2.45, 2.75) is 24.4 Å². The molecule has 0 aliphatic heterocycles. The number of nitrogens with two attached hydrogens (primary N) is 1. The Morgan fingerprint density at radius 1 is 1.32 bits per heavy atom. The molecule has 144 valence electrons. The first kappa shape index (κ1) is 24.1. The molecule has 4 N–H and O–H groups in total. The van der Waals surface area contributed by atoms with E-state index in [1.807, 2.05) is 6.92 Å². The van der Waals surface area contributed by atoms with Gasteiger partial charge in [0.2, 0.25) is 10.0 Å². The van der Waals surface area contributed by atoms with Gasteiger partial charge in [0.25, 0.3) is 0 Å². The molecule has 1 rings (SSSR count). The third-order valence-corrected chi connectivity index (χ3v) is 4.51. The van der Waals surface area contributed by atoms with Crippen LogP contribution in [0.4, 0.5) is 0 Å². The zero-order chi connectivity index (χ0) is 18.0. The molecule has 0 saturated carbocycles. The van der Waals surface area contributed by atoms with Crippen molar-refractivity contribution >= 4 is 40.0 Å². The fraction of sp³-hybridized carbons (Fsp3) is 0.533. The van der Waals surface area contributed by atoms with E-state index in [-0.39, 0.29) is 54.0 Å². The van der Waals surface area contributed by atoms with Crippen LogP contribution in [0.3, 0.4) is 0 Å². The molecular weight excluding hydrogens is 459 g/mol. The number of guanidine groups is 1. The van der Waals surface area contributed by atoms with Gasteiger partial charge in [-0.2, -0.15) is 0 Å². The second-order valence-corrected chi connectivity index (χ2v) is 7.01. The zero-order valence-electron chi connectivity index (χ0n) is 14.7. The van der Waals surface area contributed by atoms with Crippen LogP contribution in [0.5, 0.6) is 0 Å². The predicted molar refractivity (Wildman–Crippen MR) is 109 cm³/mol. The second kappa shape index (κ2) is 12.4. The van der Waals surface area contributed by atoms with Gasteiger partial charge in [-0.3, -0.25) is 0 Å². The van der Waals surface area contributed by atoms with Gasteiger partial charge >= 0.3 is 0 Å². The Hall–Kier alpha value is -0.950. The molecule has 0 saturated heterocycles. The summed E-state index contributed by atoms with van der Waals surface area (Å²) >= 11 is 0. The van der Waals surface area contributed by atoms with Crippen molar-refractivity contribution < 1.29 is 17.9 Å². The van der Waals surface area contributed by atoms with Gasteiger partial charge in [0.05, 0.1) is 24.7 Å². The number of hydrogen-bond donors (Lipinski definition) is 3. The lowest BCUT2D eigenvalue weighted by Gasteiger charge is -2.13. The summed E-state index contributed by atoms with van der Waals surface area (Å²) in [5.74, 6) is 0.283. The molecule has 0 spiro atoms. The molecule has 10 heteroatoms. The molecule has 0 amide bonds. The van der Waals surface area contributed by atoms with Crippen LogP contribution in [0.2, 0.25) is 0 Å². The molecule has 1 atom stereocenters. The maximum atomic E-state index is 12.2. The fourth-order valence-corrected chi connectivity index (χ4v) is 3.02. The van der Waals surface area contributed by atoms with Gasteiger partial charge in [0.15, 0.2) is 5.96 Å². The Labute approximate surface area is 166 Å². The second-order valence-electron chi connectivity index (χ2n) is 5.24. The van der Waals surface area contributed by atoms with E-state index in [9.17, 15) is 8.42 Å². The first-order valence-corrected chi connectivity index (χ1v) is 9.00. The van der Waals surface area contributed by atoms with Crippen LogP contribution in [-0.2, 0) is 26.0 Å². The molecule has 0 aromatic heterocycles. The number of halogens is 1. The Kier molecular flexibility index (Phi) is 11.9. The number of rotatable bonds is 10. The molecule has 1 aromatic carbocycles. The van der Waals surface area contributed by atoms with Crippen molar-refractivity contribution in [3.63, 3.8) is 0 Å². The van der Waals surface area contributed by atoms with Crippen molar-refractivity contribution in [2.24, 2.45) is 10.7 Å². The van der Waals surface area contributed by atoms with Crippen LogP contribution < -0.4 is 15.8 Å². The van der Waals surface area contributed by atoms with E-state index in [1.54, 1.807) is 25.3 Å². The average Bonchev–Trinajstić information content (AvgIpc) is 2.53. The quantitative estimate of drug-likeness (QED) is 0.194. The number of sulfonamides is 1. The van der Waals surface area contributed by atoms with Gasteiger partial charge in [0, 0.05) is 26.8 Å². The zero-order valence-corrected chi connectivity index (χ0v) is 17.8.